The van der Waals surface area contributed by atoms with Crippen LogP contribution < -0.4 is 5.32 Å². The lowest BCUT2D eigenvalue weighted by molar-refractivity contribution is -0.00761. The van der Waals surface area contributed by atoms with E-state index in [1.54, 1.807) is 0 Å². The van der Waals surface area contributed by atoms with Crippen LogP contribution in [-0.2, 0) is 0 Å². The predicted molar refractivity (Wildman–Crippen MR) is 44.3 cm³/mol. The lowest BCUT2D eigenvalue weighted by Crippen LogP contribution is -2.46. The van der Waals surface area contributed by atoms with Gasteiger partial charge in [0.15, 0.2) is 0 Å². The minimum atomic E-state index is 0.412. The van der Waals surface area contributed by atoms with Crippen LogP contribution in [0.3, 0.4) is 0 Å². The van der Waals surface area contributed by atoms with Gasteiger partial charge in [-0.05, 0) is 50.1 Å². The Balaban J connectivity index is 1.84. The second-order valence-electron chi connectivity index (χ2n) is 4.21. The van der Waals surface area contributed by atoms with Crippen LogP contribution in [0.1, 0.15) is 25.7 Å². The fourth-order valence-corrected chi connectivity index (χ4v) is 2.66. The van der Waals surface area contributed by atoms with Gasteiger partial charge in [-0.2, -0.15) is 0 Å². The van der Waals surface area contributed by atoms with E-state index in [1.807, 2.05) is 0 Å². The molecule has 0 aromatic carbocycles. The average Bonchev–Trinajstić information content (AvgIpc) is 2.01. The molecule has 64 valence electrons. The van der Waals surface area contributed by atoms with E-state index in [9.17, 15) is 0 Å². The lowest BCUT2D eigenvalue weighted by Gasteiger charge is -2.50. The molecule has 1 spiro atoms. The fourth-order valence-electron chi connectivity index (χ4n) is 2.66. The van der Waals surface area contributed by atoms with E-state index >= 15 is 0 Å². The summed E-state index contributed by atoms with van der Waals surface area (Å²) in [5.41, 5.74) is 0.651. The molecule has 2 fully saturated rings. The molecule has 1 saturated heterocycles. The zero-order chi connectivity index (χ0) is 7.73. The SMILES string of the molecule is OCC1CC2(CCNCC2)C1. The minimum Gasteiger partial charge on any atom is -0.396 e. The number of piperidine rings is 1. The van der Waals surface area contributed by atoms with E-state index in [0.29, 0.717) is 17.9 Å². The van der Waals surface area contributed by atoms with Crippen LogP contribution in [0.25, 0.3) is 0 Å². The number of aliphatic hydroxyl groups excluding tert-OH is 1. The zero-order valence-electron chi connectivity index (χ0n) is 6.97. The van der Waals surface area contributed by atoms with Crippen molar-refractivity contribution in [1.29, 1.82) is 0 Å². The van der Waals surface area contributed by atoms with Gasteiger partial charge in [-0.25, -0.2) is 0 Å². The van der Waals surface area contributed by atoms with E-state index in [4.69, 9.17) is 5.11 Å². The Morgan fingerprint density at radius 2 is 1.91 bits per heavy atom. The minimum absolute atomic E-state index is 0.412. The van der Waals surface area contributed by atoms with Gasteiger partial charge in [0.05, 0.1) is 0 Å². The van der Waals surface area contributed by atoms with E-state index < -0.39 is 0 Å². The van der Waals surface area contributed by atoms with Crippen molar-refractivity contribution in [2.45, 2.75) is 25.7 Å². The van der Waals surface area contributed by atoms with Crippen molar-refractivity contribution in [3.8, 4) is 0 Å². The van der Waals surface area contributed by atoms with Gasteiger partial charge in [-0.1, -0.05) is 0 Å². The van der Waals surface area contributed by atoms with Gasteiger partial charge in [0, 0.05) is 6.61 Å². The molecule has 0 bridgehead atoms. The summed E-state index contributed by atoms with van der Waals surface area (Å²) in [5.74, 6) is 0.632. The Morgan fingerprint density at radius 1 is 1.27 bits per heavy atom. The van der Waals surface area contributed by atoms with Gasteiger partial charge in [0.1, 0.15) is 0 Å². The maximum Gasteiger partial charge on any atom is 0.0459 e. The van der Waals surface area contributed by atoms with Crippen LogP contribution >= 0.6 is 0 Å². The number of hydrogen-bond donors (Lipinski definition) is 2. The highest BCUT2D eigenvalue weighted by Gasteiger charge is 2.43. The molecule has 0 aromatic rings. The number of rotatable bonds is 1. The Labute approximate surface area is 68.0 Å². The molecule has 11 heavy (non-hydrogen) atoms. The third kappa shape index (κ3) is 1.30. The summed E-state index contributed by atoms with van der Waals surface area (Å²) in [4.78, 5) is 0. The van der Waals surface area contributed by atoms with Crippen molar-refractivity contribution in [3.05, 3.63) is 0 Å². The van der Waals surface area contributed by atoms with E-state index in [0.717, 1.165) is 0 Å². The highest BCUT2D eigenvalue weighted by Crippen LogP contribution is 2.51. The third-order valence-electron chi connectivity index (χ3n) is 3.37. The summed E-state index contributed by atoms with van der Waals surface area (Å²) >= 11 is 0. The van der Waals surface area contributed by atoms with Crippen molar-refractivity contribution in [1.82, 2.24) is 5.32 Å². The van der Waals surface area contributed by atoms with Crippen molar-refractivity contribution >= 4 is 0 Å². The van der Waals surface area contributed by atoms with Crippen LogP contribution in [0.5, 0.6) is 0 Å². The second-order valence-corrected chi connectivity index (χ2v) is 4.21. The monoisotopic (exact) mass is 155 g/mol. The van der Waals surface area contributed by atoms with Crippen LogP contribution in [0.2, 0.25) is 0 Å². The first-order valence-corrected chi connectivity index (χ1v) is 4.66. The van der Waals surface area contributed by atoms with E-state index in [1.165, 1.54) is 38.8 Å². The van der Waals surface area contributed by atoms with Gasteiger partial charge in [0.25, 0.3) is 0 Å². The molecular weight excluding hydrogens is 138 g/mol. The van der Waals surface area contributed by atoms with Gasteiger partial charge in [0.2, 0.25) is 0 Å². The molecule has 2 rings (SSSR count). The molecular formula is C9H17NO. The summed E-state index contributed by atoms with van der Waals surface area (Å²) in [6, 6.07) is 0. The lowest BCUT2D eigenvalue weighted by atomic mass is 9.58. The van der Waals surface area contributed by atoms with E-state index in [-0.39, 0.29) is 0 Å². The highest BCUT2D eigenvalue weighted by atomic mass is 16.3. The Kier molecular flexibility index (Phi) is 1.90. The fraction of sp³-hybridized carbons (Fsp3) is 1.00. The van der Waals surface area contributed by atoms with Crippen molar-refractivity contribution in [2.24, 2.45) is 11.3 Å². The van der Waals surface area contributed by atoms with Gasteiger partial charge >= 0.3 is 0 Å². The molecule has 2 nitrogen and oxygen atoms in total. The van der Waals surface area contributed by atoms with Crippen LogP contribution in [0.15, 0.2) is 0 Å². The first kappa shape index (κ1) is 7.56. The van der Waals surface area contributed by atoms with Crippen LogP contribution in [0.4, 0.5) is 0 Å². The largest absolute Gasteiger partial charge is 0.396 e. The van der Waals surface area contributed by atoms with Crippen LogP contribution in [0, 0.1) is 11.3 Å². The molecule has 0 atom stereocenters. The Morgan fingerprint density at radius 3 is 2.45 bits per heavy atom. The Bertz CT molecular complexity index is 132. The van der Waals surface area contributed by atoms with Gasteiger partial charge in [-0.15, -0.1) is 0 Å². The highest BCUT2D eigenvalue weighted by molar-refractivity contribution is 4.95. The average molecular weight is 155 g/mol. The topological polar surface area (TPSA) is 32.3 Å². The molecule has 0 aromatic heterocycles. The molecule has 1 aliphatic carbocycles. The molecule has 0 amide bonds. The summed E-state index contributed by atoms with van der Waals surface area (Å²) in [7, 11) is 0. The molecule has 1 saturated carbocycles. The van der Waals surface area contributed by atoms with Crippen molar-refractivity contribution in [3.63, 3.8) is 0 Å². The summed E-state index contributed by atoms with van der Waals surface area (Å²) in [6.45, 7) is 2.80. The molecule has 2 heteroatoms. The quantitative estimate of drug-likeness (QED) is 0.586. The molecule has 2 N–H and O–H groups in total. The Hall–Kier alpha value is -0.0800. The first-order chi connectivity index (χ1) is 5.35. The first-order valence-electron chi connectivity index (χ1n) is 4.66. The number of nitrogens with one attached hydrogen (secondary N) is 1. The van der Waals surface area contributed by atoms with Crippen molar-refractivity contribution in [2.75, 3.05) is 19.7 Å². The van der Waals surface area contributed by atoms with Gasteiger partial charge < -0.3 is 10.4 Å². The third-order valence-corrected chi connectivity index (χ3v) is 3.37. The standard InChI is InChI=1S/C9H17NO/c11-7-8-5-9(6-8)1-3-10-4-2-9/h8,10-11H,1-7H2. The summed E-state index contributed by atoms with van der Waals surface area (Å²) in [5, 5.41) is 12.3. The molecule has 1 heterocycles. The number of hydrogen-bond acceptors (Lipinski definition) is 2. The molecule has 0 radical (unpaired) electrons. The normalized spacial score (nSPS) is 30.3. The second kappa shape index (κ2) is 2.76. The van der Waals surface area contributed by atoms with E-state index in [2.05, 4.69) is 5.32 Å². The van der Waals surface area contributed by atoms with Crippen molar-refractivity contribution < 1.29 is 5.11 Å². The molecule has 0 unspecified atom stereocenters. The van der Waals surface area contributed by atoms with Crippen LogP contribution in [-0.4, -0.2) is 24.8 Å². The predicted octanol–water partition coefficient (Wildman–Crippen LogP) is 0.758. The molecule has 1 aliphatic heterocycles. The number of aliphatic hydroxyl groups is 1. The maximum absolute atomic E-state index is 8.88. The maximum atomic E-state index is 8.88. The molecule has 2 aliphatic rings. The van der Waals surface area contributed by atoms with Gasteiger partial charge in [-0.3, -0.25) is 0 Å². The summed E-state index contributed by atoms with van der Waals surface area (Å²) in [6.07, 6.45) is 5.24. The zero-order valence-corrected chi connectivity index (χ0v) is 6.97. The smallest absolute Gasteiger partial charge is 0.0459 e. The summed E-state index contributed by atoms with van der Waals surface area (Å²) < 4.78 is 0.